The first-order valence-corrected chi connectivity index (χ1v) is 17.9. The standard InChI is InChI=1S/C42H47F3O10/c1-5-12-29(13-6-2)26-52-40(49)30-18-20-32(21-19-30)54-41(50)55-34(27-51-33-15-11-14-31(24-33)42(43,44)45)22-23-36-35(37(46)25-38(36)47)16-9-7-8-10-17-39(48)53-28(3)4/h1-2,7,9,11,14-15,18-24,28-29,34-38,46-47H,8,10,12-13,16-17,25-27H2,3-4H3/b9-7-,23-22+/t34-,35-,36-,37+,38-/m1/s1. The molecule has 13 heteroatoms. The highest BCUT2D eigenvalue weighted by Gasteiger charge is 2.39. The average Bonchev–Trinajstić information content (AvgIpc) is 3.40. The molecule has 0 aliphatic heterocycles. The number of carbonyl (C=O) groups is 3. The van der Waals surface area contributed by atoms with E-state index in [1.807, 2.05) is 12.2 Å². The quantitative estimate of drug-likeness (QED) is 0.0370. The number of hydrogen-bond donors (Lipinski definition) is 2. The van der Waals surface area contributed by atoms with Crippen LogP contribution in [0.1, 0.15) is 74.7 Å². The van der Waals surface area contributed by atoms with E-state index in [0.717, 1.165) is 12.1 Å². The molecule has 0 saturated heterocycles. The molecule has 55 heavy (non-hydrogen) atoms. The van der Waals surface area contributed by atoms with E-state index in [4.69, 9.17) is 36.5 Å². The van der Waals surface area contributed by atoms with Crippen LogP contribution in [-0.4, -0.2) is 65.9 Å². The lowest BCUT2D eigenvalue weighted by atomic mass is 9.89. The predicted octanol–water partition coefficient (Wildman–Crippen LogP) is 7.47. The van der Waals surface area contributed by atoms with Gasteiger partial charge in [0.1, 0.15) is 18.1 Å². The van der Waals surface area contributed by atoms with Crippen LogP contribution in [0.25, 0.3) is 0 Å². The molecule has 0 heterocycles. The zero-order valence-electron chi connectivity index (χ0n) is 30.8. The number of halogens is 3. The van der Waals surface area contributed by atoms with Crippen molar-refractivity contribution in [1.29, 1.82) is 0 Å². The van der Waals surface area contributed by atoms with Gasteiger partial charge in [-0.2, -0.15) is 13.2 Å². The molecule has 0 aromatic heterocycles. The third-order valence-electron chi connectivity index (χ3n) is 8.54. The van der Waals surface area contributed by atoms with Gasteiger partial charge in [-0.1, -0.05) is 24.3 Å². The van der Waals surface area contributed by atoms with Crippen molar-refractivity contribution in [3.63, 3.8) is 0 Å². The fourth-order valence-corrected chi connectivity index (χ4v) is 5.79. The molecule has 2 aromatic carbocycles. The van der Waals surface area contributed by atoms with Crippen LogP contribution in [0.2, 0.25) is 0 Å². The number of esters is 2. The number of rotatable bonds is 19. The smallest absolute Gasteiger partial charge is 0.489 e. The maximum Gasteiger partial charge on any atom is 0.514 e. The number of unbranched alkanes of at least 4 members (excludes halogenated alkanes) is 1. The van der Waals surface area contributed by atoms with Crippen LogP contribution >= 0.6 is 0 Å². The summed E-state index contributed by atoms with van der Waals surface area (Å²) in [6.07, 6.45) is 11.1. The maximum absolute atomic E-state index is 13.3. The lowest BCUT2D eigenvalue weighted by Gasteiger charge is -2.21. The van der Waals surface area contributed by atoms with Crippen molar-refractivity contribution in [2.24, 2.45) is 17.8 Å². The molecule has 296 valence electrons. The summed E-state index contributed by atoms with van der Waals surface area (Å²) in [7, 11) is 0. The van der Waals surface area contributed by atoms with Crippen LogP contribution in [0.15, 0.2) is 72.8 Å². The van der Waals surface area contributed by atoms with E-state index in [1.165, 1.54) is 42.5 Å². The van der Waals surface area contributed by atoms with Crippen molar-refractivity contribution < 1.29 is 61.5 Å². The number of ether oxygens (including phenoxy) is 5. The van der Waals surface area contributed by atoms with Crippen LogP contribution in [-0.2, 0) is 25.2 Å². The molecule has 0 unspecified atom stereocenters. The number of terminal acetylenes is 2. The van der Waals surface area contributed by atoms with Gasteiger partial charge in [-0.15, -0.1) is 24.7 Å². The minimum atomic E-state index is -4.61. The monoisotopic (exact) mass is 768 g/mol. The molecule has 2 aromatic rings. The summed E-state index contributed by atoms with van der Waals surface area (Å²) in [5.74, 6) is 2.78. The van der Waals surface area contributed by atoms with Crippen molar-refractivity contribution in [2.45, 2.75) is 89.4 Å². The molecule has 0 spiro atoms. The number of carbonyl (C=O) groups excluding carboxylic acids is 3. The van der Waals surface area contributed by atoms with Gasteiger partial charge in [0.15, 0.2) is 6.10 Å². The van der Waals surface area contributed by atoms with E-state index in [1.54, 1.807) is 19.9 Å². The molecule has 3 rings (SSSR count). The summed E-state index contributed by atoms with van der Waals surface area (Å²) in [6, 6.07) is 9.62. The molecule has 1 aliphatic carbocycles. The van der Waals surface area contributed by atoms with Gasteiger partial charge in [-0.25, -0.2) is 9.59 Å². The Morgan fingerprint density at radius 1 is 0.945 bits per heavy atom. The van der Waals surface area contributed by atoms with E-state index >= 15 is 0 Å². The van der Waals surface area contributed by atoms with Gasteiger partial charge < -0.3 is 33.9 Å². The van der Waals surface area contributed by atoms with Gasteiger partial charge in [0, 0.05) is 37.5 Å². The highest BCUT2D eigenvalue weighted by Crippen LogP contribution is 2.37. The van der Waals surface area contributed by atoms with Gasteiger partial charge >= 0.3 is 24.3 Å². The van der Waals surface area contributed by atoms with Gasteiger partial charge in [-0.3, -0.25) is 4.79 Å². The first kappa shape index (κ1) is 44.2. The van der Waals surface area contributed by atoms with Crippen LogP contribution in [0, 0.1) is 42.4 Å². The Balaban J connectivity index is 1.68. The van der Waals surface area contributed by atoms with Gasteiger partial charge in [0.25, 0.3) is 0 Å². The summed E-state index contributed by atoms with van der Waals surface area (Å²) in [5, 5.41) is 21.5. The normalized spacial score (nSPS) is 18.9. The second kappa shape index (κ2) is 22.2. The molecule has 1 saturated carbocycles. The Kier molecular flexibility index (Phi) is 17.8. The van der Waals surface area contributed by atoms with Crippen molar-refractivity contribution in [1.82, 2.24) is 0 Å². The third kappa shape index (κ3) is 15.6. The molecule has 2 N–H and O–H groups in total. The molecule has 0 bridgehead atoms. The van der Waals surface area contributed by atoms with Crippen LogP contribution < -0.4 is 9.47 Å². The van der Waals surface area contributed by atoms with Crippen LogP contribution in [0.4, 0.5) is 18.0 Å². The fraction of sp³-hybridized carbons (Fsp3) is 0.452. The van der Waals surface area contributed by atoms with Gasteiger partial charge in [0.05, 0.1) is 36.0 Å². The highest BCUT2D eigenvalue weighted by molar-refractivity contribution is 5.89. The molecular formula is C42H47F3O10. The van der Waals surface area contributed by atoms with Crippen LogP contribution in [0.3, 0.4) is 0 Å². The maximum atomic E-state index is 13.3. The summed E-state index contributed by atoms with van der Waals surface area (Å²) in [6.45, 7) is 3.16. The molecule has 0 amide bonds. The topological polar surface area (TPSA) is 138 Å². The average molecular weight is 769 g/mol. The van der Waals surface area contributed by atoms with E-state index in [2.05, 4.69) is 11.8 Å². The van der Waals surface area contributed by atoms with Crippen molar-refractivity contribution in [2.75, 3.05) is 13.2 Å². The second-order valence-electron chi connectivity index (χ2n) is 13.3. The summed E-state index contributed by atoms with van der Waals surface area (Å²) < 4.78 is 66.7. The first-order valence-electron chi connectivity index (χ1n) is 17.9. The molecule has 0 radical (unpaired) electrons. The Labute approximate surface area is 319 Å². The van der Waals surface area contributed by atoms with Crippen molar-refractivity contribution in [3.05, 3.63) is 84.0 Å². The van der Waals surface area contributed by atoms with Gasteiger partial charge in [0.2, 0.25) is 0 Å². The lowest BCUT2D eigenvalue weighted by molar-refractivity contribution is -0.147. The van der Waals surface area contributed by atoms with E-state index in [-0.39, 0.29) is 54.5 Å². The lowest BCUT2D eigenvalue weighted by Crippen LogP contribution is -2.26. The highest BCUT2D eigenvalue weighted by atomic mass is 19.4. The Morgan fingerprint density at radius 3 is 2.31 bits per heavy atom. The fourth-order valence-electron chi connectivity index (χ4n) is 5.79. The molecule has 10 nitrogen and oxygen atoms in total. The predicted molar refractivity (Wildman–Crippen MR) is 197 cm³/mol. The molecule has 5 atom stereocenters. The first-order chi connectivity index (χ1) is 26.2. The minimum Gasteiger partial charge on any atom is -0.489 e. The Morgan fingerprint density at radius 2 is 1.65 bits per heavy atom. The Hall–Kier alpha value is -5.24. The second-order valence-corrected chi connectivity index (χ2v) is 13.3. The number of alkyl halides is 3. The van der Waals surface area contributed by atoms with E-state index in [9.17, 15) is 37.8 Å². The largest absolute Gasteiger partial charge is 0.514 e. The van der Waals surface area contributed by atoms with Gasteiger partial charge in [-0.05, 0) is 87.6 Å². The zero-order valence-corrected chi connectivity index (χ0v) is 30.8. The SMILES string of the molecule is C#CCC(CC#C)COC(=O)c1ccc(OC(=O)O[C@H](/C=C/[C@@H]2[C@@H](C/C=C\CCCC(=O)OC(C)C)[C@@H](O)C[C@H]2O)COc2cccc(C(F)(F)F)c2)cc1. The number of hydrogen-bond acceptors (Lipinski definition) is 10. The molecule has 1 aliphatic rings. The molecular weight excluding hydrogens is 721 g/mol. The Bertz CT molecular complexity index is 1670. The summed E-state index contributed by atoms with van der Waals surface area (Å²) >= 11 is 0. The number of benzene rings is 2. The van der Waals surface area contributed by atoms with Crippen molar-refractivity contribution >= 4 is 18.1 Å². The summed E-state index contributed by atoms with van der Waals surface area (Å²) in [5.41, 5.74) is -0.761. The molecule has 1 fully saturated rings. The van der Waals surface area contributed by atoms with E-state index in [0.29, 0.717) is 32.1 Å². The number of aliphatic hydroxyl groups excluding tert-OH is 2. The zero-order chi connectivity index (χ0) is 40.4. The summed E-state index contributed by atoms with van der Waals surface area (Å²) in [4.78, 5) is 37.2. The number of aliphatic hydroxyl groups is 2. The third-order valence-corrected chi connectivity index (χ3v) is 8.54. The van der Waals surface area contributed by atoms with E-state index < -0.39 is 60.6 Å². The number of allylic oxidation sites excluding steroid dienone is 2. The van der Waals surface area contributed by atoms with Crippen LogP contribution in [0.5, 0.6) is 11.5 Å². The van der Waals surface area contributed by atoms with Crippen molar-refractivity contribution in [3.8, 4) is 36.2 Å². The minimum absolute atomic E-state index is 0.0126.